The van der Waals surface area contributed by atoms with Crippen molar-refractivity contribution in [3.8, 4) is 0 Å². The standard InChI is InChI=1S/C17H23N3O4/c1-3-24-17(23)13-4-6-14(7-5-13)18-15(21)12-16(22)20-10-8-19(2)9-11-20/h4-7H,3,8-12H2,1-2H3,(H,18,21). The largest absolute Gasteiger partial charge is 0.462 e. The molecule has 0 aliphatic carbocycles. The number of hydrogen-bond acceptors (Lipinski definition) is 5. The average Bonchev–Trinajstić information content (AvgIpc) is 2.56. The molecule has 2 rings (SSSR count). The molecule has 0 saturated carbocycles. The summed E-state index contributed by atoms with van der Waals surface area (Å²) < 4.78 is 4.90. The van der Waals surface area contributed by atoms with Gasteiger partial charge in [0.25, 0.3) is 0 Å². The molecule has 1 aliphatic rings. The maximum atomic E-state index is 12.1. The second kappa shape index (κ2) is 8.44. The van der Waals surface area contributed by atoms with Crippen LogP contribution in [0.15, 0.2) is 24.3 Å². The first-order chi connectivity index (χ1) is 11.5. The van der Waals surface area contributed by atoms with Crippen LogP contribution in [0.2, 0.25) is 0 Å². The van der Waals surface area contributed by atoms with Gasteiger partial charge in [0.15, 0.2) is 0 Å². The molecule has 1 aromatic rings. The number of carbonyl (C=O) groups is 3. The molecule has 1 saturated heterocycles. The molecule has 0 atom stereocenters. The molecular weight excluding hydrogens is 310 g/mol. The fraction of sp³-hybridized carbons (Fsp3) is 0.471. The summed E-state index contributed by atoms with van der Waals surface area (Å²) >= 11 is 0. The fourth-order valence-corrected chi connectivity index (χ4v) is 2.41. The SMILES string of the molecule is CCOC(=O)c1ccc(NC(=O)CC(=O)N2CCN(C)CC2)cc1. The average molecular weight is 333 g/mol. The van der Waals surface area contributed by atoms with Crippen LogP contribution in [0.1, 0.15) is 23.7 Å². The summed E-state index contributed by atoms with van der Waals surface area (Å²) in [6.07, 6.45) is -0.177. The zero-order chi connectivity index (χ0) is 17.5. The zero-order valence-electron chi connectivity index (χ0n) is 14.1. The molecule has 0 aromatic heterocycles. The number of amides is 2. The highest BCUT2D eigenvalue weighted by Gasteiger charge is 2.21. The number of likely N-dealkylation sites (N-methyl/N-ethyl adjacent to an activating group) is 1. The topological polar surface area (TPSA) is 78.9 Å². The lowest BCUT2D eigenvalue weighted by Crippen LogP contribution is -2.47. The highest BCUT2D eigenvalue weighted by Crippen LogP contribution is 2.11. The summed E-state index contributed by atoms with van der Waals surface area (Å²) in [6.45, 7) is 4.99. The van der Waals surface area contributed by atoms with Gasteiger partial charge in [0.1, 0.15) is 6.42 Å². The van der Waals surface area contributed by atoms with Gasteiger partial charge in [-0.2, -0.15) is 0 Å². The van der Waals surface area contributed by atoms with Gasteiger partial charge in [-0.15, -0.1) is 0 Å². The molecule has 7 nitrogen and oxygen atoms in total. The van der Waals surface area contributed by atoms with Gasteiger partial charge < -0.3 is 19.9 Å². The van der Waals surface area contributed by atoms with Crippen molar-refractivity contribution >= 4 is 23.5 Å². The lowest BCUT2D eigenvalue weighted by molar-refractivity contribution is -0.135. The van der Waals surface area contributed by atoms with Gasteiger partial charge >= 0.3 is 5.97 Å². The Morgan fingerprint density at radius 2 is 1.71 bits per heavy atom. The summed E-state index contributed by atoms with van der Waals surface area (Å²) in [5, 5.41) is 2.67. The van der Waals surface area contributed by atoms with Crippen molar-refractivity contribution in [1.29, 1.82) is 0 Å². The van der Waals surface area contributed by atoms with Crippen LogP contribution in [-0.2, 0) is 14.3 Å². The molecule has 7 heteroatoms. The Morgan fingerprint density at radius 1 is 1.08 bits per heavy atom. The van der Waals surface area contributed by atoms with Crippen molar-refractivity contribution in [3.63, 3.8) is 0 Å². The number of carbonyl (C=O) groups excluding carboxylic acids is 3. The van der Waals surface area contributed by atoms with Crippen molar-refractivity contribution in [1.82, 2.24) is 9.80 Å². The summed E-state index contributed by atoms with van der Waals surface area (Å²) in [5.41, 5.74) is 0.961. The quantitative estimate of drug-likeness (QED) is 0.641. The van der Waals surface area contributed by atoms with Crippen LogP contribution in [0.5, 0.6) is 0 Å². The molecule has 1 aromatic carbocycles. The number of anilines is 1. The Labute approximate surface area is 141 Å². The van der Waals surface area contributed by atoms with Crippen molar-refractivity contribution < 1.29 is 19.1 Å². The Bertz CT molecular complexity index is 592. The van der Waals surface area contributed by atoms with E-state index < -0.39 is 5.97 Å². The van der Waals surface area contributed by atoms with Crippen molar-refractivity contribution in [3.05, 3.63) is 29.8 Å². The first kappa shape index (κ1) is 17.9. The van der Waals surface area contributed by atoms with Crippen LogP contribution in [-0.4, -0.2) is 67.4 Å². The summed E-state index contributed by atoms with van der Waals surface area (Å²) in [7, 11) is 2.01. The van der Waals surface area contributed by atoms with Crippen LogP contribution in [0.25, 0.3) is 0 Å². The van der Waals surface area contributed by atoms with E-state index in [4.69, 9.17) is 4.74 Å². The van der Waals surface area contributed by atoms with E-state index >= 15 is 0 Å². The molecular formula is C17H23N3O4. The highest BCUT2D eigenvalue weighted by atomic mass is 16.5. The van der Waals surface area contributed by atoms with Gasteiger partial charge in [-0.25, -0.2) is 4.79 Å². The van der Waals surface area contributed by atoms with Gasteiger partial charge in [-0.3, -0.25) is 9.59 Å². The van der Waals surface area contributed by atoms with Crippen LogP contribution in [0.3, 0.4) is 0 Å². The number of piperazine rings is 1. The van der Waals surface area contributed by atoms with E-state index in [0.717, 1.165) is 13.1 Å². The maximum Gasteiger partial charge on any atom is 0.338 e. The van der Waals surface area contributed by atoms with Crippen LogP contribution in [0, 0.1) is 0 Å². The van der Waals surface area contributed by atoms with Crippen LogP contribution < -0.4 is 5.32 Å². The van der Waals surface area contributed by atoms with E-state index in [1.807, 2.05) is 7.05 Å². The predicted molar refractivity (Wildman–Crippen MR) is 89.7 cm³/mol. The second-order valence-corrected chi connectivity index (χ2v) is 5.71. The molecule has 1 N–H and O–H groups in total. The molecule has 1 aliphatic heterocycles. The number of ether oxygens (including phenoxy) is 1. The van der Waals surface area contributed by atoms with Crippen molar-refractivity contribution in [2.75, 3.05) is 45.2 Å². The monoisotopic (exact) mass is 333 g/mol. The number of esters is 1. The fourth-order valence-electron chi connectivity index (χ4n) is 2.41. The summed E-state index contributed by atoms with van der Waals surface area (Å²) in [5.74, 6) is -0.924. The minimum Gasteiger partial charge on any atom is -0.462 e. The Hall–Kier alpha value is -2.41. The number of rotatable bonds is 5. The molecule has 2 amide bonds. The number of nitrogens with zero attached hydrogens (tertiary/aromatic N) is 2. The van der Waals surface area contributed by atoms with Crippen LogP contribution >= 0.6 is 0 Å². The summed E-state index contributed by atoms with van der Waals surface area (Å²) in [6, 6.07) is 6.39. The lowest BCUT2D eigenvalue weighted by Gasteiger charge is -2.32. The van der Waals surface area contributed by atoms with Gasteiger partial charge in [0.2, 0.25) is 11.8 Å². The molecule has 0 unspecified atom stereocenters. The third-order valence-electron chi connectivity index (χ3n) is 3.85. The van der Waals surface area contributed by atoms with E-state index in [1.165, 1.54) is 0 Å². The third-order valence-corrected chi connectivity index (χ3v) is 3.85. The Balaban J connectivity index is 1.83. The summed E-state index contributed by atoms with van der Waals surface area (Å²) in [4.78, 5) is 39.5. The molecule has 0 spiro atoms. The van der Waals surface area contributed by atoms with E-state index in [0.29, 0.717) is 30.9 Å². The Kier molecular flexibility index (Phi) is 6.31. The van der Waals surface area contributed by atoms with Gasteiger partial charge in [-0.05, 0) is 38.2 Å². The van der Waals surface area contributed by atoms with Crippen molar-refractivity contribution in [2.45, 2.75) is 13.3 Å². The highest BCUT2D eigenvalue weighted by molar-refractivity contribution is 6.03. The minimum atomic E-state index is -0.402. The lowest BCUT2D eigenvalue weighted by atomic mass is 10.2. The van der Waals surface area contributed by atoms with Gasteiger partial charge in [-0.1, -0.05) is 0 Å². The van der Waals surface area contributed by atoms with E-state index in [1.54, 1.807) is 36.1 Å². The Morgan fingerprint density at radius 3 is 2.29 bits per heavy atom. The molecule has 1 fully saturated rings. The number of benzene rings is 1. The molecule has 130 valence electrons. The normalized spacial score (nSPS) is 15.0. The maximum absolute atomic E-state index is 12.1. The number of nitrogens with one attached hydrogen (secondary N) is 1. The van der Waals surface area contributed by atoms with Gasteiger partial charge in [0, 0.05) is 31.9 Å². The first-order valence-corrected chi connectivity index (χ1v) is 8.03. The smallest absolute Gasteiger partial charge is 0.338 e. The zero-order valence-corrected chi connectivity index (χ0v) is 14.1. The van der Waals surface area contributed by atoms with Crippen molar-refractivity contribution in [2.24, 2.45) is 0 Å². The van der Waals surface area contributed by atoms with E-state index in [2.05, 4.69) is 10.2 Å². The second-order valence-electron chi connectivity index (χ2n) is 5.71. The van der Waals surface area contributed by atoms with E-state index in [-0.39, 0.29) is 18.2 Å². The molecule has 24 heavy (non-hydrogen) atoms. The van der Waals surface area contributed by atoms with Gasteiger partial charge in [0.05, 0.1) is 12.2 Å². The third kappa shape index (κ3) is 5.06. The molecule has 0 radical (unpaired) electrons. The predicted octanol–water partition coefficient (Wildman–Crippen LogP) is 0.966. The first-order valence-electron chi connectivity index (χ1n) is 8.03. The minimum absolute atomic E-state index is 0.163. The van der Waals surface area contributed by atoms with E-state index in [9.17, 15) is 14.4 Å². The van der Waals surface area contributed by atoms with Crippen LogP contribution in [0.4, 0.5) is 5.69 Å². The molecule has 1 heterocycles. The molecule has 0 bridgehead atoms. The number of hydrogen-bond donors (Lipinski definition) is 1.